The Morgan fingerprint density at radius 3 is 2.33 bits per heavy atom. The third-order valence-electron chi connectivity index (χ3n) is 4.32. The number of unbranched alkanes of at least 4 members (excludes halogenated alkanes) is 4. The smallest absolute Gasteiger partial charge is 0.241 e. The number of aryl methyl sites for hydroxylation is 1. The van der Waals surface area contributed by atoms with Gasteiger partial charge in [-0.05, 0) is 45.8 Å². The normalized spacial score (nSPS) is 12.5. The molecular formula is C19H36N4O. The minimum absolute atomic E-state index is 0.0383. The summed E-state index contributed by atoms with van der Waals surface area (Å²) in [6, 6.07) is 2.08. The lowest BCUT2D eigenvalue weighted by Crippen LogP contribution is -2.43. The Hall–Kier alpha value is -1.36. The van der Waals surface area contributed by atoms with E-state index in [1.807, 2.05) is 13.0 Å². The number of amides is 1. The molecule has 0 radical (unpaired) electrons. The zero-order valence-electron chi connectivity index (χ0n) is 16.1. The first-order valence-corrected chi connectivity index (χ1v) is 9.56. The number of carbonyl (C=O) groups is 1. The summed E-state index contributed by atoms with van der Waals surface area (Å²) in [5.74, 6) is 0.0383. The number of hydrogen-bond donors (Lipinski definition) is 1. The van der Waals surface area contributed by atoms with Crippen molar-refractivity contribution in [1.82, 2.24) is 20.0 Å². The molecule has 1 rings (SSSR count). The zero-order valence-corrected chi connectivity index (χ0v) is 16.1. The molecule has 0 aromatic carbocycles. The first-order valence-electron chi connectivity index (χ1n) is 9.56. The van der Waals surface area contributed by atoms with Crippen LogP contribution in [0, 0.1) is 6.92 Å². The van der Waals surface area contributed by atoms with Crippen LogP contribution in [-0.2, 0) is 11.3 Å². The molecule has 24 heavy (non-hydrogen) atoms. The van der Waals surface area contributed by atoms with E-state index in [0.717, 1.165) is 25.3 Å². The summed E-state index contributed by atoms with van der Waals surface area (Å²) in [6.07, 6.45) is 9.28. The van der Waals surface area contributed by atoms with Crippen LogP contribution in [0.15, 0.2) is 12.3 Å². The lowest BCUT2D eigenvalue weighted by atomic mass is 10.2. The highest BCUT2D eigenvalue weighted by Gasteiger charge is 2.13. The number of hydrogen-bond acceptors (Lipinski definition) is 3. The van der Waals surface area contributed by atoms with Crippen molar-refractivity contribution in [3.63, 3.8) is 0 Å². The van der Waals surface area contributed by atoms with E-state index >= 15 is 0 Å². The van der Waals surface area contributed by atoms with Gasteiger partial charge in [-0.3, -0.25) is 9.48 Å². The van der Waals surface area contributed by atoms with Gasteiger partial charge in [-0.15, -0.1) is 0 Å². The van der Waals surface area contributed by atoms with Gasteiger partial charge < -0.3 is 10.2 Å². The summed E-state index contributed by atoms with van der Waals surface area (Å²) in [5.41, 5.74) is 1.01. The second kappa shape index (κ2) is 12.1. The molecule has 1 atom stereocenters. The summed E-state index contributed by atoms with van der Waals surface area (Å²) in [7, 11) is 0. The van der Waals surface area contributed by atoms with Crippen LogP contribution < -0.4 is 5.32 Å². The maximum atomic E-state index is 12.2. The maximum Gasteiger partial charge on any atom is 0.241 e. The van der Waals surface area contributed by atoms with E-state index in [4.69, 9.17) is 0 Å². The second-order valence-corrected chi connectivity index (χ2v) is 6.81. The molecule has 1 aromatic rings. The largest absolute Gasteiger partial charge is 0.351 e. The molecule has 0 aliphatic heterocycles. The van der Waals surface area contributed by atoms with Gasteiger partial charge in [-0.2, -0.15) is 5.10 Å². The molecule has 1 N–H and O–H groups in total. The minimum atomic E-state index is 0.0383. The molecule has 0 aliphatic rings. The fraction of sp³-hybridized carbons (Fsp3) is 0.789. The molecule has 138 valence electrons. The molecule has 0 spiro atoms. The summed E-state index contributed by atoms with van der Waals surface area (Å²) in [6.45, 7) is 12.0. The summed E-state index contributed by atoms with van der Waals surface area (Å²) in [4.78, 5) is 14.7. The predicted octanol–water partition coefficient (Wildman–Crippen LogP) is 3.38. The molecule has 1 amide bonds. The van der Waals surface area contributed by atoms with Crippen molar-refractivity contribution in [2.45, 2.75) is 78.8 Å². The number of nitrogens with zero attached hydrogens (tertiary/aromatic N) is 3. The molecule has 0 saturated carbocycles. The standard InChI is InChI=1S/C19H36N4O/c1-5-7-9-13-22(14-10-8-6-2)15-17(3)21-19(24)16-23-18(4)11-12-20-23/h11-12,17H,5-10,13-16H2,1-4H3,(H,21,24). The van der Waals surface area contributed by atoms with E-state index in [1.165, 1.54) is 38.5 Å². The highest BCUT2D eigenvalue weighted by molar-refractivity contribution is 5.76. The van der Waals surface area contributed by atoms with Crippen molar-refractivity contribution >= 4 is 5.91 Å². The lowest BCUT2D eigenvalue weighted by molar-refractivity contribution is -0.122. The predicted molar refractivity (Wildman–Crippen MR) is 100 cm³/mol. The molecule has 0 bridgehead atoms. The average molecular weight is 337 g/mol. The molecular weight excluding hydrogens is 300 g/mol. The van der Waals surface area contributed by atoms with E-state index in [2.05, 4.69) is 36.1 Å². The summed E-state index contributed by atoms with van der Waals surface area (Å²) >= 11 is 0. The van der Waals surface area contributed by atoms with E-state index < -0.39 is 0 Å². The van der Waals surface area contributed by atoms with Gasteiger partial charge in [0.2, 0.25) is 5.91 Å². The van der Waals surface area contributed by atoms with Crippen molar-refractivity contribution < 1.29 is 4.79 Å². The van der Waals surface area contributed by atoms with Crippen LogP contribution in [0.3, 0.4) is 0 Å². The molecule has 1 heterocycles. The van der Waals surface area contributed by atoms with Gasteiger partial charge in [-0.1, -0.05) is 39.5 Å². The molecule has 5 nitrogen and oxygen atoms in total. The van der Waals surface area contributed by atoms with Gasteiger partial charge in [0, 0.05) is 24.5 Å². The Kier molecular flexibility index (Phi) is 10.4. The molecule has 0 saturated heterocycles. The van der Waals surface area contributed by atoms with E-state index in [1.54, 1.807) is 10.9 Å². The van der Waals surface area contributed by atoms with Crippen molar-refractivity contribution in [1.29, 1.82) is 0 Å². The first kappa shape index (κ1) is 20.7. The Bertz CT molecular complexity index is 448. The fourth-order valence-corrected chi connectivity index (χ4v) is 2.92. The summed E-state index contributed by atoms with van der Waals surface area (Å²) < 4.78 is 1.74. The first-order chi connectivity index (χ1) is 11.6. The van der Waals surface area contributed by atoms with Gasteiger partial charge in [0.15, 0.2) is 0 Å². The number of carbonyl (C=O) groups excluding carboxylic acids is 1. The van der Waals surface area contributed by atoms with Crippen LogP contribution >= 0.6 is 0 Å². The minimum Gasteiger partial charge on any atom is -0.351 e. The average Bonchev–Trinajstić information content (AvgIpc) is 2.92. The molecule has 0 aliphatic carbocycles. The van der Waals surface area contributed by atoms with Crippen molar-refractivity contribution in [3.05, 3.63) is 18.0 Å². The van der Waals surface area contributed by atoms with Crippen molar-refractivity contribution in [2.24, 2.45) is 0 Å². The maximum absolute atomic E-state index is 12.2. The van der Waals surface area contributed by atoms with Crippen LogP contribution in [0.4, 0.5) is 0 Å². The molecule has 0 fully saturated rings. The number of aromatic nitrogens is 2. The monoisotopic (exact) mass is 336 g/mol. The highest BCUT2D eigenvalue weighted by atomic mass is 16.2. The van der Waals surface area contributed by atoms with Gasteiger partial charge in [0.1, 0.15) is 6.54 Å². The molecule has 1 unspecified atom stereocenters. The molecule has 5 heteroatoms. The molecule has 1 aromatic heterocycles. The number of rotatable bonds is 13. The van der Waals surface area contributed by atoms with Crippen LogP contribution in [0.1, 0.15) is 65.0 Å². The highest BCUT2D eigenvalue weighted by Crippen LogP contribution is 2.04. The van der Waals surface area contributed by atoms with Crippen molar-refractivity contribution in [2.75, 3.05) is 19.6 Å². The quantitative estimate of drug-likeness (QED) is 0.562. The Morgan fingerprint density at radius 1 is 1.21 bits per heavy atom. The Labute approximate surface area is 147 Å². The van der Waals surface area contributed by atoms with E-state index in [0.29, 0.717) is 6.54 Å². The third-order valence-corrected chi connectivity index (χ3v) is 4.32. The Balaban J connectivity index is 2.39. The fourth-order valence-electron chi connectivity index (χ4n) is 2.92. The van der Waals surface area contributed by atoms with Crippen LogP contribution in [0.2, 0.25) is 0 Å². The summed E-state index contributed by atoms with van der Waals surface area (Å²) in [5, 5.41) is 7.28. The van der Waals surface area contributed by atoms with Gasteiger partial charge in [-0.25, -0.2) is 0 Å². The SMILES string of the molecule is CCCCCN(CCCCC)CC(C)NC(=O)Cn1nccc1C. The van der Waals surface area contributed by atoms with E-state index in [-0.39, 0.29) is 11.9 Å². The zero-order chi connectivity index (χ0) is 17.8. The van der Waals surface area contributed by atoms with Crippen LogP contribution in [0.25, 0.3) is 0 Å². The van der Waals surface area contributed by atoms with Gasteiger partial charge >= 0.3 is 0 Å². The topological polar surface area (TPSA) is 50.2 Å². The second-order valence-electron chi connectivity index (χ2n) is 6.81. The van der Waals surface area contributed by atoms with Crippen LogP contribution in [0.5, 0.6) is 0 Å². The van der Waals surface area contributed by atoms with Gasteiger partial charge in [0.25, 0.3) is 0 Å². The van der Waals surface area contributed by atoms with Crippen LogP contribution in [-0.4, -0.2) is 46.3 Å². The number of nitrogens with one attached hydrogen (secondary N) is 1. The Morgan fingerprint density at radius 2 is 1.83 bits per heavy atom. The van der Waals surface area contributed by atoms with E-state index in [9.17, 15) is 4.79 Å². The van der Waals surface area contributed by atoms with Crippen molar-refractivity contribution in [3.8, 4) is 0 Å². The van der Waals surface area contributed by atoms with Gasteiger partial charge in [0.05, 0.1) is 0 Å². The lowest BCUT2D eigenvalue weighted by Gasteiger charge is -2.26. The third kappa shape index (κ3) is 8.48.